The molecule has 1 saturated carbocycles. The normalized spacial score (nSPS) is 16.6. The largest absolute Gasteiger partial charge is 0.396 e. The van der Waals surface area contributed by atoms with Crippen molar-refractivity contribution in [2.24, 2.45) is 0 Å². The van der Waals surface area contributed by atoms with Crippen LogP contribution in [0.1, 0.15) is 60.7 Å². The lowest BCUT2D eigenvalue weighted by atomic mass is 10.1. The Kier molecular flexibility index (Phi) is 4.43. The van der Waals surface area contributed by atoms with Crippen molar-refractivity contribution in [3.05, 3.63) is 10.4 Å². The topological polar surface area (TPSA) is 78.9 Å². The molecule has 0 atom stereocenters. The van der Waals surface area contributed by atoms with Gasteiger partial charge in [0.05, 0.1) is 10.6 Å². The van der Waals surface area contributed by atoms with Crippen LogP contribution >= 0.6 is 11.3 Å². The smallest absolute Gasteiger partial charge is 0.171 e. The number of rotatable bonds is 3. The second-order valence-electron chi connectivity index (χ2n) is 5.05. The third-order valence-corrected chi connectivity index (χ3v) is 4.80. The molecule has 0 aliphatic heterocycles. The van der Waals surface area contributed by atoms with Gasteiger partial charge in [-0.15, -0.1) is 11.3 Å². The van der Waals surface area contributed by atoms with Gasteiger partial charge < -0.3 is 11.1 Å². The second kappa shape index (κ2) is 6.07. The zero-order valence-electron chi connectivity index (χ0n) is 11.2. The number of thiophene rings is 1. The molecule has 5 heteroatoms. The zero-order valence-corrected chi connectivity index (χ0v) is 12.0. The van der Waals surface area contributed by atoms with E-state index in [0.717, 1.165) is 17.8 Å². The summed E-state index contributed by atoms with van der Waals surface area (Å²) in [6.07, 6.45) is 7.26. The predicted molar refractivity (Wildman–Crippen MR) is 78.6 cm³/mol. The molecule has 1 aliphatic rings. The monoisotopic (exact) mass is 277 g/mol. The average molecular weight is 277 g/mol. The minimum Gasteiger partial charge on any atom is -0.396 e. The number of Topliss-reactive ketones (excluding diaryl/α,β-unsaturated/α-hetero) is 1. The van der Waals surface area contributed by atoms with Crippen LogP contribution in [0.4, 0.5) is 10.7 Å². The fraction of sp³-hybridized carbons (Fsp3) is 0.571. The number of nitriles is 1. The fourth-order valence-corrected chi connectivity index (χ4v) is 3.57. The Hall–Kier alpha value is -1.54. The summed E-state index contributed by atoms with van der Waals surface area (Å²) in [5.74, 6) is -0.0760. The summed E-state index contributed by atoms with van der Waals surface area (Å²) in [6, 6.07) is 2.51. The Balaban J connectivity index is 2.22. The number of hydrogen-bond donors (Lipinski definition) is 2. The Morgan fingerprint density at radius 1 is 1.37 bits per heavy atom. The van der Waals surface area contributed by atoms with Crippen LogP contribution < -0.4 is 11.1 Å². The van der Waals surface area contributed by atoms with E-state index in [4.69, 9.17) is 5.73 Å². The molecular weight excluding hydrogens is 258 g/mol. The standard InChI is InChI=1S/C14H19N3OS/c1-9(18)13-12(16)11(8-15)14(19-13)17-10-6-4-2-3-5-7-10/h10,17H,2-7,16H2,1H3. The Bertz CT molecular complexity index is 507. The molecule has 19 heavy (non-hydrogen) atoms. The maximum absolute atomic E-state index is 11.5. The SMILES string of the molecule is CC(=O)c1sc(NC2CCCCCC2)c(C#N)c1N. The second-order valence-corrected chi connectivity index (χ2v) is 6.07. The van der Waals surface area contributed by atoms with Crippen LogP contribution in [0.15, 0.2) is 0 Å². The fourth-order valence-electron chi connectivity index (χ4n) is 2.53. The van der Waals surface area contributed by atoms with E-state index in [0.29, 0.717) is 22.2 Å². The molecule has 1 heterocycles. The molecule has 1 fully saturated rings. The first-order chi connectivity index (χ1) is 9.13. The minimum absolute atomic E-state index is 0.0760. The van der Waals surface area contributed by atoms with E-state index in [2.05, 4.69) is 11.4 Å². The summed E-state index contributed by atoms with van der Waals surface area (Å²) < 4.78 is 0. The van der Waals surface area contributed by atoms with Gasteiger partial charge in [-0.3, -0.25) is 4.79 Å². The van der Waals surface area contributed by atoms with Crippen molar-refractivity contribution >= 4 is 27.8 Å². The van der Waals surface area contributed by atoms with E-state index >= 15 is 0 Å². The van der Waals surface area contributed by atoms with Gasteiger partial charge in [0.25, 0.3) is 0 Å². The molecular formula is C14H19N3OS. The molecule has 102 valence electrons. The number of nitrogens with zero attached hydrogens (tertiary/aromatic N) is 1. The number of carbonyl (C=O) groups is 1. The molecule has 0 radical (unpaired) electrons. The van der Waals surface area contributed by atoms with Gasteiger partial charge in [-0.2, -0.15) is 5.26 Å². The van der Waals surface area contributed by atoms with Crippen LogP contribution in [-0.4, -0.2) is 11.8 Å². The number of carbonyl (C=O) groups excluding carboxylic acids is 1. The van der Waals surface area contributed by atoms with E-state index in [1.54, 1.807) is 0 Å². The van der Waals surface area contributed by atoms with Crippen LogP contribution in [-0.2, 0) is 0 Å². The molecule has 0 saturated heterocycles. The highest BCUT2D eigenvalue weighted by atomic mass is 32.1. The van der Waals surface area contributed by atoms with Crippen LogP contribution in [0.2, 0.25) is 0 Å². The molecule has 1 aromatic heterocycles. The van der Waals surface area contributed by atoms with E-state index < -0.39 is 0 Å². The molecule has 1 aliphatic carbocycles. The first-order valence-electron chi connectivity index (χ1n) is 6.73. The van der Waals surface area contributed by atoms with Gasteiger partial charge in [-0.1, -0.05) is 25.7 Å². The summed E-state index contributed by atoms with van der Waals surface area (Å²) in [5.41, 5.74) is 6.64. The Morgan fingerprint density at radius 2 is 2.00 bits per heavy atom. The van der Waals surface area contributed by atoms with Crippen molar-refractivity contribution in [1.82, 2.24) is 0 Å². The number of nitrogens with two attached hydrogens (primary N) is 1. The van der Waals surface area contributed by atoms with Crippen molar-refractivity contribution in [1.29, 1.82) is 5.26 Å². The molecule has 0 aromatic carbocycles. The molecule has 0 bridgehead atoms. The van der Waals surface area contributed by atoms with Gasteiger partial charge in [-0.05, 0) is 12.8 Å². The van der Waals surface area contributed by atoms with Gasteiger partial charge in [0.1, 0.15) is 16.6 Å². The molecule has 0 unspecified atom stereocenters. The van der Waals surface area contributed by atoms with Crippen molar-refractivity contribution in [2.75, 3.05) is 11.1 Å². The zero-order chi connectivity index (χ0) is 13.8. The van der Waals surface area contributed by atoms with Crippen molar-refractivity contribution in [2.45, 2.75) is 51.5 Å². The van der Waals surface area contributed by atoms with E-state index in [1.165, 1.54) is 43.9 Å². The number of nitrogens with one attached hydrogen (secondary N) is 1. The first-order valence-corrected chi connectivity index (χ1v) is 7.55. The third kappa shape index (κ3) is 3.07. The number of ketones is 1. The maximum atomic E-state index is 11.5. The summed E-state index contributed by atoms with van der Waals surface area (Å²) in [5, 5.41) is 13.4. The summed E-state index contributed by atoms with van der Waals surface area (Å²) >= 11 is 1.31. The predicted octanol–water partition coefficient (Wildman–Crippen LogP) is 3.54. The quantitative estimate of drug-likeness (QED) is 0.654. The molecule has 1 aromatic rings. The lowest BCUT2D eigenvalue weighted by Crippen LogP contribution is -2.18. The molecule has 0 spiro atoms. The summed E-state index contributed by atoms with van der Waals surface area (Å²) in [4.78, 5) is 12.0. The van der Waals surface area contributed by atoms with E-state index in [-0.39, 0.29) is 5.78 Å². The van der Waals surface area contributed by atoms with Crippen LogP contribution in [0, 0.1) is 11.3 Å². The lowest BCUT2D eigenvalue weighted by Gasteiger charge is -2.16. The summed E-state index contributed by atoms with van der Waals surface area (Å²) in [7, 11) is 0. The van der Waals surface area contributed by atoms with E-state index in [9.17, 15) is 10.1 Å². The number of anilines is 2. The molecule has 4 nitrogen and oxygen atoms in total. The van der Waals surface area contributed by atoms with Gasteiger partial charge in [0.2, 0.25) is 0 Å². The van der Waals surface area contributed by atoms with Gasteiger partial charge in [0, 0.05) is 13.0 Å². The van der Waals surface area contributed by atoms with Gasteiger partial charge >= 0.3 is 0 Å². The average Bonchev–Trinajstić information content (AvgIpc) is 2.55. The summed E-state index contributed by atoms with van der Waals surface area (Å²) in [6.45, 7) is 1.48. The molecule has 3 N–H and O–H groups in total. The molecule has 2 rings (SSSR count). The van der Waals surface area contributed by atoms with Crippen molar-refractivity contribution in [3.63, 3.8) is 0 Å². The maximum Gasteiger partial charge on any atom is 0.171 e. The van der Waals surface area contributed by atoms with Crippen molar-refractivity contribution < 1.29 is 4.79 Å². The lowest BCUT2D eigenvalue weighted by molar-refractivity contribution is 0.102. The minimum atomic E-state index is -0.0760. The first kappa shape index (κ1) is 13.9. The highest BCUT2D eigenvalue weighted by molar-refractivity contribution is 7.19. The van der Waals surface area contributed by atoms with Crippen LogP contribution in [0.3, 0.4) is 0 Å². The van der Waals surface area contributed by atoms with Gasteiger partial charge in [-0.25, -0.2) is 0 Å². The van der Waals surface area contributed by atoms with Crippen LogP contribution in [0.5, 0.6) is 0 Å². The Labute approximate surface area is 117 Å². The third-order valence-electron chi connectivity index (χ3n) is 3.57. The highest BCUT2D eigenvalue weighted by Crippen LogP contribution is 2.36. The van der Waals surface area contributed by atoms with E-state index in [1.807, 2.05) is 0 Å². The van der Waals surface area contributed by atoms with Crippen molar-refractivity contribution in [3.8, 4) is 6.07 Å². The van der Waals surface area contributed by atoms with Crippen LogP contribution in [0.25, 0.3) is 0 Å². The Morgan fingerprint density at radius 3 is 2.53 bits per heavy atom. The van der Waals surface area contributed by atoms with Gasteiger partial charge in [0.15, 0.2) is 5.78 Å². The number of nitrogen functional groups attached to an aromatic ring is 1. The molecule has 0 amide bonds. The highest BCUT2D eigenvalue weighted by Gasteiger charge is 2.21. The number of hydrogen-bond acceptors (Lipinski definition) is 5.